The lowest BCUT2D eigenvalue weighted by atomic mass is 9.96. The molecular formula is C23H27N3O3S. The zero-order valence-corrected chi connectivity index (χ0v) is 18.1. The van der Waals surface area contributed by atoms with E-state index in [4.69, 9.17) is 10.5 Å². The number of fused-ring (bicyclic) bond motifs is 1. The molecule has 0 bridgehead atoms. The Morgan fingerprint density at radius 3 is 2.87 bits per heavy atom. The molecule has 3 aliphatic heterocycles. The molecule has 0 spiro atoms. The van der Waals surface area contributed by atoms with E-state index >= 15 is 0 Å². The van der Waals surface area contributed by atoms with E-state index < -0.39 is 0 Å². The monoisotopic (exact) mass is 425 g/mol. The molecule has 1 saturated carbocycles. The predicted molar refractivity (Wildman–Crippen MR) is 121 cm³/mol. The highest BCUT2D eigenvalue weighted by molar-refractivity contribution is 8.03. The molecule has 1 fully saturated rings. The number of benzene rings is 1. The molecule has 2 N–H and O–H groups in total. The molecule has 0 atom stereocenters. The first kappa shape index (κ1) is 19.5. The molecule has 6 nitrogen and oxygen atoms in total. The molecule has 1 aromatic rings. The molecule has 30 heavy (non-hydrogen) atoms. The van der Waals surface area contributed by atoms with E-state index in [0.29, 0.717) is 43.3 Å². The van der Waals surface area contributed by atoms with Crippen molar-refractivity contribution in [2.45, 2.75) is 45.1 Å². The molecule has 4 aliphatic rings. The SMILES string of the molecule is CCOC(=O)C1=CN(C2CC2)c2cc(N3CCC4=C(C3)C(=O)CCS4)c(N)cc2C1. The Kier molecular flexibility index (Phi) is 5.01. The first-order valence-corrected chi connectivity index (χ1v) is 11.7. The second kappa shape index (κ2) is 7.69. The van der Waals surface area contributed by atoms with Crippen LogP contribution in [0.5, 0.6) is 0 Å². The van der Waals surface area contributed by atoms with E-state index in [9.17, 15) is 9.59 Å². The van der Waals surface area contributed by atoms with Crippen LogP contribution in [0.4, 0.5) is 17.1 Å². The van der Waals surface area contributed by atoms with Crippen LogP contribution < -0.4 is 15.5 Å². The van der Waals surface area contributed by atoms with Gasteiger partial charge in [0.25, 0.3) is 0 Å². The fourth-order valence-electron chi connectivity index (χ4n) is 4.56. The van der Waals surface area contributed by atoms with Crippen LogP contribution in [-0.4, -0.2) is 43.2 Å². The zero-order valence-electron chi connectivity index (χ0n) is 17.3. The Morgan fingerprint density at radius 1 is 1.27 bits per heavy atom. The van der Waals surface area contributed by atoms with Gasteiger partial charge in [-0.3, -0.25) is 4.79 Å². The van der Waals surface area contributed by atoms with Crippen LogP contribution in [-0.2, 0) is 20.7 Å². The van der Waals surface area contributed by atoms with E-state index in [-0.39, 0.29) is 11.8 Å². The Hall–Kier alpha value is -2.41. The second-order valence-corrected chi connectivity index (χ2v) is 9.51. The molecule has 1 aliphatic carbocycles. The van der Waals surface area contributed by atoms with Crippen LogP contribution in [0.3, 0.4) is 0 Å². The van der Waals surface area contributed by atoms with Crippen molar-refractivity contribution in [3.63, 3.8) is 0 Å². The predicted octanol–water partition coefficient (Wildman–Crippen LogP) is 3.41. The Balaban J connectivity index is 1.47. The van der Waals surface area contributed by atoms with Crippen molar-refractivity contribution in [3.8, 4) is 0 Å². The molecule has 1 aromatic carbocycles. The van der Waals surface area contributed by atoms with Gasteiger partial charge in [-0.05, 0) is 48.8 Å². The average molecular weight is 426 g/mol. The van der Waals surface area contributed by atoms with Crippen molar-refractivity contribution in [3.05, 3.63) is 39.9 Å². The van der Waals surface area contributed by atoms with Gasteiger partial charge in [-0.25, -0.2) is 4.79 Å². The smallest absolute Gasteiger partial charge is 0.335 e. The summed E-state index contributed by atoms with van der Waals surface area (Å²) in [7, 11) is 0. The molecule has 158 valence electrons. The third-order valence-corrected chi connectivity index (χ3v) is 7.44. The topological polar surface area (TPSA) is 75.9 Å². The van der Waals surface area contributed by atoms with E-state index in [2.05, 4.69) is 15.9 Å². The summed E-state index contributed by atoms with van der Waals surface area (Å²) in [5.41, 5.74) is 12.0. The van der Waals surface area contributed by atoms with Gasteiger partial charge in [-0.2, -0.15) is 0 Å². The lowest BCUT2D eigenvalue weighted by Gasteiger charge is -2.36. The van der Waals surface area contributed by atoms with Gasteiger partial charge in [-0.15, -0.1) is 11.8 Å². The van der Waals surface area contributed by atoms with Gasteiger partial charge in [0.05, 0.1) is 23.6 Å². The van der Waals surface area contributed by atoms with Crippen molar-refractivity contribution in [2.75, 3.05) is 41.0 Å². The summed E-state index contributed by atoms with van der Waals surface area (Å²) in [6.07, 6.45) is 6.28. The summed E-state index contributed by atoms with van der Waals surface area (Å²) in [5, 5.41) is 0. The third kappa shape index (κ3) is 3.49. The van der Waals surface area contributed by atoms with Crippen LogP contribution in [0.2, 0.25) is 0 Å². The number of carbonyl (C=O) groups is 2. The van der Waals surface area contributed by atoms with Crippen LogP contribution in [0.1, 0.15) is 38.2 Å². The highest BCUT2D eigenvalue weighted by atomic mass is 32.2. The number of carbonyl (C=O) groups excluding carboxylic acids is 2. The first-order chi connectivity index (χ1) is 14.5. The maximum Gasteiger partial charge on any atom is 0.335 e. The average Bonchev–Trinajstić information content (AvgIpc) is 3.58. The van der Waals surface area contributed by atoms with E-state index in [1.165, 1.54) is 4.91 Å². The molecule has 0 saturated heterocycles. The van der Waals surface area contributed by atoms with Gasteiger partial charge in [0.2, 0.25) is 0 Å². The standard InChI is InChI=1S/C23H27N3O3S/c1-2-29-23(28)15-9-14-10-18(24)20(11-19(14)26(12-15)16-3-4-16)25-7-5-22-17(13-25)21(27)6-8-30-22/h10-12,16H,2-9,13,24H2,1H3. The van der Waals surface area contributed by atoms with Gasteiger partial charge < -0.3 is 20.3 Å². The third-order valence-electron chi connectivity index (χ3n) is 6.24. The molecule has 0 unspecified atom stereocenters. The lowest BCUT2D eigenvalue weighted by Crippen LogP contribution is -2.36. The second-order valence-electron chi connectivity index (χ2n) is 8.32. The van der Waals surface area contributed by atoms with Gasteiger partial charge in [-0.1, -0.05) is 0 Å². The summed E-state index contributed by atoms with van der Waals surface area (Å²) in [6, 6.07) is 4.60. The number of hydrogen-bond acceptors (Lipinski definition) is 7. The summed E-state index contributed by atoms with van der Waals surface area (Å²) in [5.74, 6) is 0.941. The normalized spacial score (nSPS) is 21.2. The summed E-state index contributed by atoms with van der Waals surface area (Å²) < 4.78 is 5.24. The maximum atomic E-state index is 12.4. The highest BCUT2D eigenvalue weighted by Gasteiger charge is 2.35. The number of ether oxygens (including phenoxy) is 1. The van der Waals surface area contributed by atoms with E-state index in [1.54, 1.807) is 0 Å². The largest absolute Gasteiger partial charge is 0.463 e. The van der Waals surface area contributed by atoms with Crippen molar-refractivity contribution < 1.29 is 14.3 Å². The fraction of sp³-hybridized carbons (Fsp3) is 0.478. The summed E-state index contributed by atoms with van der Waals surface area (Å²) >= 11 is 1.84. The van der Waals surface area contributed by atoms with Crippen LogP contribution in [0.25, 0.3) is 0 Å². The van der Waals surface area contributed by atoms with Gasteiger partial charge in [0.1, 0.15) is 0 Å². The first-order valence-electron chi connectivity index (χ1n) is 10.8. The molecule has 0 amide bonds. The van der Waals surface area contributed by atoms with E-state index in [1.807, 2.05) is 31.0 Å². The number of Topliss-reactive ketones (excluding diaryl/α,β-unsaturated/α-hetero) is 1. The minimum Gasteiger partial charge on any atom is -0.463 e. The minimum atomic E-state index is -0.250. The number of esters is 1. The molecule has 0 aromatic heterocycles. The zero-order chi connectivity index (χ0) is 20.8. The van der Waals surface area contributed by atoms with Gasteiger partial charge in [0.15, 0.2) is 5.78 Å². The maximum absolute atomic E-state index is 12.4. The lowest BCUT2D eigenvalue weighted by molar-refractivity contribution is -0.138. The van der Waals surface area contributed by atoms with Crippen molar-refractivity contribution in [1.29, 1.82) is 0 Å². The van der Waals surface area contributed by atoms with Gasteiger partial charge in [0, 0.05) is 55.2 Å². The molecular weight excluding hydrogens is 398 g/mol. The van der Waals surface area contributed by atoms with Crippen LogP contribution in [0.15, 0.2) is 34.4 Å². The fourth-order valence-corrected chi connectivity index (χ4v) is 5.68. The molecule has 3 heterocycles. The van der Waals surface area contributed by atoms with Crippen molar-refractivity contribution in [1.82, 2.24) is 0 Å². The molecule has 0 radical (unpaired) electrons. The Bertz CT molecular complexity index is 980. The Labute approximate surface area is 181 Å². The van der Waals surface area contributed by atoms with Crippen molar-refractivity contribution >= 4 is 40.6 Å². The molecule has 5 rings (SSSR count). The van der Waals surface area contributed by atoms with E-state index in [0.717, 1.165) is 54.1 Å². The highest BCUT2D eigenvalue weighted by Crippen LogP contribution is 2.43. The number of nitrogens with zero attached hydrogens (tertiary/aromatic N) is 2. The van der Waals surface area contributed by atoms with Crippen molar-refractivity contribution in [2.24, 2.45) is 0 Å². The number of nitrogens with two attached hydrogens (primary N) is 1. The number of ketones is 1. The Morgan fingerprint density at radius 2 is 2.10 bits per heavy atom. The molecule has 7 heteroatoms. The van der Waals surface area contributed by atoms with Crippen LogP contribution in [0, 0.1) is 0 Å². The van der Waals surface area contributed by atoms with Gasteiger partial charge >= 0.3 is 5.97 Å². The summed E-state index contributed by atoms with van der Waals surface area (Å²) in [4.78, 5) is 30.5. The summed E-state index contributed by atoms with van der Waals surface area (Å²) in [6.45, 7) is 3.71. The number of nitrogen functional groups attached to an aromatic ring is 1. The number of thioether (sulfide) groups is 1. The number of rotatable bonds is 4. The minimum absolute atomic E-state index is 0.250. The quantitative estimate of drug-likeness (QED) is 0.585. The number of hydrogen-bond donors (Lipinski definition) is 1. The van der Waals surface area contributed by atoms with Crippen LogP contribution >= 0.6 is 11.8 Å². The number of anilines is 3.